The van der Waals surface area contributed by atoms with Crippen molar-refractivity contribution >= 4 is 40.3 Å². The zero-order valence-corrected chi connectivity index (χ0v) is 18.0. The molecular formula is C16H22ClF2N3O5S2. The van der Waals surface area contributed by atoms with Gasteiger partial charge in [0, 0.05) is 27.3 Å². The Morgan fingerprint density at radius 3 is 2.59 bits per heavy atom. The lowest BCUT2D eigenvalue weighted by Crippen LogP contribution is -2.49. The number of piperidine rings is 1. The number of esters is 1. The van der Waals surface area contributed by atoms with Crippen LogP contribution < -0.4 is 10.0 Å². The summed E-state index contributed by atoms with van der Waals surface area (Å²) in [6.45, 7) is 2.70. The molecule has 8 nitrogen and oxygen atoms in total. The standard InChI is InChI=1S/C16H21F2N3O5S2.ClH/c1-2-26-15(22)13(10-16(27-21-23)5-7-19-8-6-16)20-28(24,25)14-4-3-11(17)9-12(14)18;/h3-4,9,13,19-20H,2,5-8,10H2,1H3;1H. The van der Waals surface area contributed by atoms with Crippen LogP contribution in [0.3, 0.4) is 0 Å². The Kier molecular flexibility index (Phi) is 9.89. The molecular weight excluding hydrogens is 452 g/mol. The van der Waals surface area contributed by atoms with E-state index >= 15 is 0 Å². The minimum Gasteiger partial charge on any atom is -0.465 e. The van der Waals surface area contributed by atoms with E-state index < -0.39 is 43.3 Å². The number of nitrogens with zero attached hydrogens (tertiary/aromatic N) is 1. The van der Waals surface area contributed by atoms with Crippen LogP contribution in [0.5, 0.6) is 0 Å². The number of hydrogen-bond donors (Lipinski definition) is 2. The second-order valence-corrected chi connectivity index (χ2v) is 9.18. The van der Waals surface area contributed by atoms with Crippen LogP contribution in [0.1, 0.15) is 26.2 Å². The van der Waals surface area contributed by atoms with Gasteiger partial charge in [-0.3, -0.25) is 4.79 Å². The predicted octanol–water partition coefficient (Wildman–Crippen LogP) is 2.52. The third kappa shape index (κ3) is 6.85. The lowest BCUT2D eigenvalue weighted by Gasteiger charge is -2.36. The number of rotatable bonds is 9. The first-order chi connectivity index (χ1) is 13.2. The van der Waals surface area contributed by atoms with E-state index in [1.807, 2.05) is 0 Å². The molecule has 2 N–H and O–H groups in total. The van der Waals surface area contributed by atoms with E-state index in [1.165, 1.54) is 0 Å². The highest BCUT2D eigenvalue weighted by atomic mass is 35.5. The molecule has 1 aromatic carbocycles. The average molecular weight is 474 g/mol. The molecule has 0 amide bonds. The lowest BCUT2D eigenvalue weighted by molar-refractivity contribution is -0.145. The smallest absolute Gasteiger partial charge is 0.324 e. The number of benzene rings is 1. The maximum Gasteiger partial charge on any atom is 0.324 e. The third-order valence-corrected chi connectivity index (χ3v) is 6.92. The van der Waals surface area contributed by atoms with Crippen molar-refractivity contribution in [3.63, 3.8) is 0 Å². The van der Waals surface area contributed by atoms with Crippen LogP contribution in [0.4, 0.5) is 8.78 Å². The van der Waals surface area contributed by atoms with Gasteiger partial charge in [-0.15, -0.1) is 17.3 Å². The molecule has 29 heavy (non-hydrogen) atoms. The molecule has 1 aliphatic heterocycles. The minimum atomic E-state index is -4.49. The number of nitroso groups, excluding NO2 is 1. The van der Waals surface area contributed by atoms with Gasteiger partial charge in [0.25, 0.3) is 0 Å². The Labute approximate surface area is 178 Å². The number of carbonyl (C=O) groups is 1. The summed E-state index contributed by atoms with van der Waals surface area (Å²) < 4.78 is 61.4. The summed E-state index contributed by atoms with van der Waals surface area (Å²) in [6.07, 6.45) is 0.893. The fourth-order valence-electron chi connectivity index (χ4n) is 3.03. The van der Waals surface area contributed by atoms with E-state index in [-0.39, 0.29) is 25.4 Å². The number of halogens is 3. The van der Waals surface area contributed by atoms with Gasteiger partial charge in [0.2, 0.25) is 10.0 Å². The number of carbonyl (C=O) groups excluding carboxylic acids is 1. The van der Waals surface area contributed by atoms with E-state index in [0.29, 0.717) is 32.0 Å². The first kappa shape index (κ1) is 25.7. The Morgan fingerprint density at radius 2 is 2.03 bits per heavy atom. The predicted molar refractivity (Wildman–Crippen MR) is 107 cm³/mol. The van der Waals surface area contributed by atoms with Crippen molar-refractivity contribution in [2.45, 2.75) is 41.9 Å². The van der Waals surface area contributed by atoms with E-state index in [9.17, 15) is 26.9 Å². The molecule has 1 aliphatic rings. The molecule has 0 aliphatic carbocycles. The normalized spacial score (nSPS) is 17.1. The minimum absolute atomic E-state index is 0. The summed E-state index contributed by atoms with van der Waals surface area (Å²) in [5.41, 5.74) is 0. The first-order valence-electron chi connectivity index (χ1n) is 8.58. The zero-order chi connectivity index (χ0) is 20.8. The van der Waals surface area contributed by atoms with Crippen molar-refractivity contribution in [2.75, 3.05) is 19.7 Å². The van der Waals surface area contributed by atoms with Gasteiger partial charge in [-0.1, -0.05) is 0 Å². The SMILES string of the molecule is CCOC(=O)C(CC1(SN=O)CCNCC1)NS(=O)(=O)c1ccc(F)cc1F.Cl. The maximum atomic E-state index is 14.0. The second kappa shape index (κ2) is 11.2. The van der Waals surface area contributed by atoms with Crippen molar-refractivity contribution in [1.29, 1.82) is 0 Å². The van der Waals surface area contributed by atoms with E-state index in [0.717, 1.165) is 24.1 Å². The first-order valence-corrected chi connectivity index (χ1v) is 10.8. The summed E-state index contributed by atoms with van der Waals surface area (Å²) in [5.74, 6) is -3.06. The molecule has 164 valence electrons. The second-order valence-electron chi connectivity index (χ2n) is 6.30. The van der Waals surface area contributed by atoms with Crippen LogP contribution in [-0.2, 0) is 19.6 Å². The molecule has 1 unspecified atom stereocenters. The summed E-state index contributed by atoms with van der Waals surface area (Å²) in [4.78, 5) is 22.5. The van der Waals surface area contributed by atoms with E-state index in [4.69, 9.17) is 4.74 Å². The fraction of sp³-hybridized carbons (Fsp3) is 0.562. The van der Waals surface area contributed by atoms with E-state index in [2.05, 4.69) is 14.6 Å². The molecule has 1 heterocycles. The van der Waals surface area contributed by atoms with Gasteiger partial charge in [0.05, 0.1) is 6.61 Å². The van der Waals surface area contributed by atoms with Gasteiger partial charge in [-0.25, -0.2) is 17.2 Å². The summed E-state index contributed by atoms with van der Waals surface area (Å²) in [5, 5.41) is 3.12. The molecule has 1 atom stereocenters. The molecule has 0 aromatic heterocycles. The highest BCUT2D eigenvalue weighted by Gasteiger charge is 2.41. The fourth-order valence-corrected chi connectivity index (χ4v) is 5.06. The topological polar surface area (TPSA) is 114 Å². The zero-order valence-electron chi connectivity index (χ0n) is 15.5. The van der Waals surface area contributed by atoms with Crippen LogP contribution >= 0.6 is 24.4 Å². The van der Waals surface area contributed by atoms with Crippen LogP contribution in [-0.4, -0.2) is 44.9 Å². The Bertz CT molecular complexity index is 823. The number of ether oxygens (including phenoxy) is 1. The monoisotopic (exact) mass is 473 g/mol. The van der Waals surface area contributed by atoms with Crippen molar-refractivity contribution in [3.8, 4) is 0 Å². The molecule has 1 saturated heterocycles. The maximum absolute atomic E-state index is 14.0. The lowest BCUT2D eigenvalue weighted by atomic mass is 9.90. The Balaban J connectivity index is 0.00000420. The van der Waals surface area contributed by atoms with Crippen LogP contribution in [0.2, 0.25) is 0 Å². The van der Waals surface area contributed by atoms with Crippen molar-refractivity contribution < 1.29 is 26.7 Å². The van der Waals surface area contributed by atoms with Crippen molar-refractivity contribution in [3.05, 3.63) is 34.7 Å². The number of sulfonamides is 1. The number of hydrogen-bond acceptors (Lipinski definition) is 8. The van der Waals surface area contributed by atoms with Crippen LogP contribution in [0.25, 0.3) is 0 Å². The molecule has 0 saturated carbocycles. The van der Waals surface area contributed by atoms with Gasteiger partial charge in [-0.05, 0) is 51.4 Å². The molecule has 1 aromatic rings. The van der Waals surface area contributed by atoms with Gasteiger partial charge >= 0.3 is 5.97 Å². The highest BCUT2D eigenvalue weighted by Crippen LogP contribution is 2.39. The highest BCUT2D eigenvalue weighted by molar-refractivity contribution is 7.99. The third-order valence-electron chi connectivity index (χ3n) is 4.37. The molecule has 2 rings (SSSR count). The number of nitrogens with one attached hydrogen (secondary N) is 2. The Morgan fingerprint density at radius 1 is 1.38 bits per heavy atom. The summed E-state index contributed by atoms with van der Waals surface area (Å²) >= 11 is 0.754. The molecule has 0 bridgehead atoms. The Hall–Kier alpha value is -1.34. The molecule has 0 spiro atoms. The van der Waals surface area contributed by atoms with Crippen LogP contribution in [0.15, 0.2) is 27.7 Å². The van der Waals surface area contributed by atoms with Crippen LogP contribution in [0, 0.1) is 16.5 Å². The summed E-state index contributed by atoms with van der Waals surface area (Å²) in [7, 11) is -4.49. The quantitative estimate of drug-likeness (QED) is 0.322. The van der Waals surface area contributed by atoms with Gasteiger partial charge in [0.15, 0.2) is 0 Å². The van der Waals surface area contributed by atoms with E-state index in [1.54, 1.807) is 6.92 Å². The van der Waals surface area contributed by atoms with Crippen molar-refractivity contribution in [2.24, 2.45) is 4.58 Å². The average Bonchev–Trinajstić information content (AvgIpc) is 2.62. The molecule has 13 heteroatoms. The van der Waals surface area contributed by atoms with Gasteiger partial charge < -0.3 is 10.1 Å². The van der Waals surface area contributed by atoms with Gasteiger partial charge in [0.1, 0.15) is 22.6 Å². The molecule has 1 fully saturated rings. The largest absolute Gasteiger partial charge is 0.465 e. The molecule has 0 radical (unpaired) electrons. The van der Waals surface area contributed by atoms with Gasteiger partial charge in [-0.2, -0.15) is 4.72 Å². The van der Waals surface area contributed by atoms with Crippen molar-refractivity contribution in [1.82, 2.24) is 10.0 Å². The summed E-state index contributed by atoms with van der Waals surface area (Å²) in [6, 6.07) is 0.657.